The normalized spacial score (nSPS) is 16.8. The summed E-state index contributed by atoms with van der Waals surface area (Å²) in [6, 6.07) is 12.2. The van der Waals surface area contributed by atoms with E-state index in [0.717, 1.165) is 55.7 Å². The molecule has 2 aliphatic rings. The molecule has 2 saturated heterocycles. The number of pyridine rings is 1. The Morgan fingerprint density at radius 3 is 2.40 bits per heavy atom. The fraction of sp³-hybridized carbons (Fsp3) is 0.515. The van der Waals surface area contributed by atoms with Crippen LogP contribution in [0.3, 0.4) is 0 Å². The Labute approximate surface area is 266 Å². The Bertz CT molecular complexity index is 1290. The Morgan fingerprint density at radius 2 is 1.80 bits per heavy atom. The molecule has 3 N–H and O–H groups in total. The number of piperazine rings is 1. The summed E-state index contributed by atoms with van der Waals surface area (Å²) >= 11 is 0. The van der Waals surface area contributed by atoms with Gasteiger partial charge in [0.2, 0.25) is 18.2 Å². The molecule has 0 spiro atoms. The standard InChI is InChI=1S/C33H48N8O4/c1-5-14-40(34)23-32(44)41(24-42)30(19-26-10-12-29(43)13-11-26)33(45)36(6-2)20-27-8-7-9-31(35-27)39-21-28(22-39)38-17-15-37(16-18-38)25(3)4/h5,7-13,24-25,28,30,43H,1,6,14-23,34H2,2-4H3/t30-/m0/s1. The van der Waals surface area contributed by atoms with Crippen molar-refractivity contribution >= 4 is 24.0 Å². The molecule has 0 bridgehead atoms. The van der Waals surface area contributed by atoms with E-state index in [1.54, 1.807) is 23.1 Å². The molecule has 1 aromatic carbocycles. The van der Waals surface area contributed by atoms with Crippen LogP contribution in [0.5, 0.6) is 5.75 Å². The summed E-state index contributed by atoms with van der Waals surface area (Å²) in [5, 5.41) is 11.0. The van der Waals surface area contributed by atoms with Crippen molar-refractivity contribution in [2.75, 3.05) is 63.8 Å². The van der Waals surface area contributed by atoms with E-state index in [4.69, 9.17) is 10.8 Å². The van der Waals surface area contributed by atoms with Crippen molar-refractivity contribution in [2.24, 2.45) is 5.84 Å². The van der Waals surface area contributed by atoms with Crippen molar-refractivity contribution in [3.8, 4) is 5.75 Å². The molecule has 4 rings (SSSR count). The monoisotopic (exact) mass is 620 g/mol. The highest BCUT2D eigenvalue weighted by Gasteiger charge is 2.36. The van der Waals surface area contributed by atoms with Crippen LogP contribution in [0.4, 0.5) is 5.82 Å². The second-order valence-corrected chi connectivity index (χ2v) is 12.1. The molecule has 45 heavy (non-hydrogen) atoms. The summed E-state index contributed by atoms with van der Waals surface area (Å²) in [4.78, 5) is 54.3. The average Bonchev–Trinajstić information content (AvgIpc) is 3.00. The van der Waals surface area contributed by atoms with Gasteiger partial charge in [0.15, 0.2) is 0 Å². The zero-order chi connectivity index (χ0) is 32.5. The second kappa shape index (κ2) is 15.9. The van der Waals surface area contributed by atoms with Crippen LogP contribution in [0.1, 0.15) is 32.0 Å². The zero-order valence-corrected chi connectivity index (χ0v) is 26.8. The number of anilines is 1. The van der Waals surface area contributed by atoms with Gasteiger partial charge in [-0.3, -0.25) is 34.9 Å². The number of nitrogens with two attached hydrogens (primary N) is 1. The van der Waals surface area contributed by atoms with Crippen molar-refractivity contribution in [1.29, 1.82) is 0 Å². The first kappa shape index (κ1) is 34.0. The van der Waals surface area contributed by atoms with E-state index in [1.165, 1.54) is 17.1 Å². The Hall–Kier alpha value is -3.84. The van der Waals surface area contributed by atoms with Crippen LogP contribution in [-0.2, 0) is 27.3 Å². The van der Waals surface area contributed by atoms with Gasteiger partial charge >= 0.3 is 0 Å². The van der Waals surface area contributed by atoms with Gasteiger partial charge in [0.05, 0.1) is 18.8 Å². The molecular formula is C33H48N8O4. The van der Waals surface area contributed by atoms with E-state index in [-0.39, 0.29) is 37.7 Å². The van der Waals surface area contributed by atoms with Gasteiger partial charge in [-0.25, -0.2) is 9.99 Å². The minimum absolute atomic E-state index is 0.0801. The highest BCUT2D eigenvalue weighted by molar-refractivity contribution is 5.95. The van der Waals surface area contributed by atoms with Crippen molar-refractivity contribution in [1.82, 2.24) is 29.6 Å². The van der Waals surface area contributed by atoms with E-state index in [0.29, 0.717) is 30.6 Å². The van der Waals surface area contributed by atoms with Gasteiger partial charge in [-0.1, -0.05) is 24.3 Å². The quantitative estimate of drug-likeness (QED) is 0.130. The zero-order valence-electron chi connectivity index (χ0n) is 26.8. The molecule has 1 aromatic heterocycles. The number of hydrazine groups is 1. The van der Waals surface area contributed by atoms with Crippen LogP contribution in [0, 0.1) is 0 Å². The minimum atomic E-state index is -1.10. The van der Waals surface area contributed by atoms with Crippen LogP contribution < -0.4 is 10.7 Å². The predicted octanol–water partition coefficient (Wildman–Crippen LogP) is 1.31. The third kappa shape index (κ3) is 8.88. The van der Waals surface area contributed by atoms with Crippen molar-refractivity contribution in [3.05, 3.63) is 66.4 Å². The topological polar surface area (TPSA) is 130 Å². The number of carbonyl (C=O) groups is 3. The predicted molar refractivity (Wildman–Crippen MR) is 174 cm³/mol. The largest absolute Gasteiger partial charge is 0.508 e. The molecule has 0 unspecified atom stereocenters. The van der Waals surface area contributed by atoms with E-state index in [1.807, 2.05) is 25.1 Å². The molecule has 3 amide bonds. The summed E-state index contributed by atoms with van der Waals surface area (Å²) in [5.41, 5.74) is 1.42. The van der Waals surface area contributed by atoms with Crippen molar-refractivity contribution in [3.63, 3.8) is 0 Å². The summed E-state index contributed by atoms with van der Waals surface area (Å²) in [7, 11) is 0. The number of hydrogen-bond acceptors (Lipinski definition) is 10. The van der Waals surface area contributed by atoms with Crippen LogP contribution in [0.25, 0.3) is 0 Å². The molecule has 0 aliphatic carbocycles. The van der Waals surface area contributed by atoms with Crippen LogP contribution in [0.15, 0.2) is 55.1 Å². The lowest BCUT2D eigenvalue weighted by Gasteiger charge is -2.49. The summed E-state index contributed by atoms with van der Waals surface area (Å²) in [6.45, 7) is 16.7. The maximum Gasteiger partial charge on any atom is 0.246 e. The molecule has 0 radical (unpaired) electrons. The number of likely N-dealkylation sites (N-methyl/N-ethyl adjacent to an activating group) is 1. The Morgan fingerprint density at radius 1 is 1.11 bits per heavy atom. The number of aromatic hydroxyl groups is 1. The molecule has 2 fully saturated rings. The summed E-state index contributed by atoms with van der Waals surface area (Å²) in [5.74, 6) is 5.87. The van der Waals surface area contributed by atoms with Crippen LogP contribution >= 0.6 is 0 Å². The number of carbonyl (C=O) groups excluding carboxylic acids is 3. The first-order valence-corrected chi connectivity index (χ1v) is 15.8. The summed E-state index contributed by atoms with van der Waals surface area (Å²) in [6.07, 6.45) is 2.02. The van der Waals surface area contributed by atoms with E-state index >= 15 is 0 Å². The van der Waals surface area contributed by atoms with Gasteiger partial charge in [0.1, 0.15) is 17.6 Å². The van der Waals surface area contributed by atoms with E-state index < -0.39 is 11.9 Å². The average molecular weight is 621 g/mol. The molecule has 3 heterocycles. The number of benzene rings is 1. The van der Waals surface area contributed by atoms with Gasteiger partial charge in [0.25, 0.3) is 0 Å². The number of phenols is 1. The highest BCUT2D eigenvalue weighted by Crippen LogP contribution is 2.24. The number of aromatic nitrogens is 1. The van der Waals surface area contributed by atoms with Crippen LogP contribution in [-0.4, -0.2) is 130 Å². The SMILES string of the molecule is C=CCN(N)CC(=O)N(C=O)[C@@H](Cc1ccc(O)cc1)C(=O)N(CC)Cc1cccc(N2CC(N3CCN(C(C)C)CC3)C2)n1. The minimum Gasteiger partial charge on any atom is -0.508 e. The maximum atomic E-state index is 14.1. The fourth-order valence-corrected chi connectivity index (χ4v) is 5.93. The van der Waals surface area contributed by atoms with E-state index in [9.17, 15) is 19.5 Å². The van der Waals surface area contributed by atoms with Gasteiger partial charge in [-0.05, 0) is 50.6 Å². The molecule has 0 saturated carbocycles. The number of phenolic OH excluding ortho intramolecular Hbond substituents is 1. The molecule has 244 valence electrons. The third-order valence-electron chi connectivity index (χ3n) is 8.71. The number of nitrogens with zero attached hydrogens (tertiary/aromatic N) is 7. The Kier molecular flexibility index (Phi) is 12.1. The molecule has 12 nitrogen and oxygen atoms in total. The lowest BCUT2D eigenvalue weighted by atomic mass is 10.0. The molecule has 2 aromatic rings. The number of amides is 3. The van der Waals surface area contributed by atoms with Gasteiger partial charge in [-0.15, -0.1) is 6.58 Å². The van der Waals surface area contributed by atoms with Gasteiger partial charge < -0.3 is 14.9 Å². The van der Waals surface area contributed by atoms with Crippen LogP contribution in [0.2, 0.25) is 0 Å². The number of rotatable bonds is 15. The summed E-state index contributed by atoms with van der Waals surface area (Å²) < 4.78 is 0. The number of imide groups is 1. The Balaban J connectivity index is 1.45. The molecular weight excluding hydrogens is 572 g/mol. The highest BCUT2D eigenvalue weighted by atomic mass is 16.3. The maximum absolute atomic E-state index is 14.1. The van der Waals surface area contributed by atoms with Gasteiger partial charge in [0, 0.05) is 70.9 Å². The molecule has 1 atom stereocenters. The lowest BCUT2D eigenvalue weighted by molar-refractivity contribution is -0.151. The second-order valence-electron chi connectivity index (χ2n) is 12.1. The van der Waals surface area contributed by atoms with Crippen molar-refractivity contribution < 1.29 is 19.5 Å². The smallest absolute Gasteiger partial charge is 0.246 e. The number of hydrogen-bond donors (Lipinski definition) is 2. The van der Waals surface area contributed by atoms with Crippen molar-refractivity contribution in [2.45, 2.75) is 51.9 Å². The fourth-order valence-electron chi connectivity index (χ4n) is 5.93. The molecule has 2 aliphatic heterocycles. The lowest BCUT2D eigenvalue weighted by Crippen LogP contribution is -2.63. The molecule has 12 heteroatoms. The first-order valence-electron chi connectivity index (χ1n) is 15.8. The first-order chi connectivity index (χ1) is 21.6. The third-order valence-corrected chi connectivity index (χ3v) is 8.71. The van der Waals surface area contributed by atoms with E-state index in [2.05, 4.69) is 35.1 Å². The van der Waals surface area contributed by atoms with Gasteiger partial charge in [-0.2, -0.15) is 0 Å².